The van der Waals surface area contributed by atoms with Gasteiger partial charge in [-0.15, -0.1) is 0 Å². The summed E-state index contributed by atoms with van der Waals surface area (Å²) < 4.78 is 5.83. The van der Waals surface area contributed by atoms with Crippen LogP contribution in [0.4, 0.5) is 0 Å². The number of likely N-dealkylation sites (tertiary alicyclic amines) is 1. The Bertz CT molecular complexity index is 324. The van der Waals surface area contributed by atoms with Crippen LogP contribution in [0.25, 0.3) is 0 Å². The van der Waals surface area contributed by atoms with Crippen molar-refractivity contribution in [3.63, 3.8) is 0 Å². The monoisotopic (exact) mass is 296 g/mol. The van der Waals surface area contributed by atoms with Crippen molar-refractivity contribution < 1.29 is 4.74 Å². The maximum atomic E-state index is 6.16. The molecule has 0 spiro atoms. The summed E-state index contributed by atoms with van der Waals surface area (Å²) in [5, 5.41) is 0. The second-order valence-electron chi connectivity index (χ2n) is 6.75. The molecule has 2 aliphatic rings. The van der Waals surface area contributed by atoms with E-state index in [4.69, 9.17) is 10.5 Å². The van der Waals surface area contributed by atoms with Gasteiger partial charge < -0.3 is 15.4 Å². The van der Waals surface area contributed by atoms with Crippen molar-refractivity contribution in [1.82, 2.24) is 9.80 Å². The summed E-state index contributed by atoms with van der Waals surface area (Å²) in [5.74, 6) is 1.41. The number of rotatable bonds is 4. The predicted octanol–water partition coefficient (Wildman–Crippen LogP) is 1.53. The largest absolute Gasteiger partial charge is 0.374 e. The van der Waals surface area contributed by atoms with Crippen LogP contribution >= 0.6 is 0 Å². The Morgan fingerprint density at radius 2 is 1.90 bits per heavy atom. The van der Waals surface area contributed by atoms with E-state index >= 15 is 0 Å². The lowest BCUT2D eigenvalue weighted by Gasteiger charge is -2.33. The van der Waals surface area contributed by atoms with Crippen LogP contribution in [0.15, 0.2) is 4.99 Å². The van der Waals surface area contributed by atoms with Crippen LogP contribution in [0, 0.1) is 5.92 Å². The van der Waals surface area contributed by atoms with Gasteiger partial charge in [-0.05, 0) is 18.8 Å². The Morgan fingerprint density at radius 1 is 1.19 bits per heavy atom. The molecule has 0 bridgehead atoms. The topological polar surface area (TPSA) is 54.1 Å². The van der Waals surface area contributed by atoms with Crippen LogP contribution in [0.1, 0.15) is 39.5 Å². The van der Waals surface area contributed by atoms with Gasteiger partial charge in [-0.2, -0.15) is 0 Å². The van der Waals surface area contributed by atoms with Crippen LogP contribution in [0.5, 0.6) is 0 Å². The fourth-order valence-electron chi connectivity index (χ4n) is 3.17. The molecular formula is C16H32N4O. The van der Waals surface area contributed by atoms with Crippen molar-refractivity contribution >= 4 is 5.96 Å². The molecule has 2 heterocycles. The smallest absolute Gasteiger partial charge is 0.191 e. The third-order valence-electron chi connectivity index (χ3n) is 4.23. The first-order valence-electron chi connectivity index (χ1n) is 8.54. The maximum absolute atomic E-state index is 6.16. The van der Waals surface area contributed by atoms with Gasteiger partial charge in [-0.25, -0.2) is 0 Å². The molecule has 122 valence electrons. The van der Waals surface area contributed by atoms with E-state index in [0.717, 1.165) is 39.3 Å². The van der Waals surface area contributed by atoms with Gasteiger partial charge in [0.05, 0.1) is 19.3 Å². The van der Waals surface area contributed by atoms with E-state index in [1.807, 2.05) is 0 Å². The molecule has 0 amide bonds. The summed E-state index contributed by atoms with van der Waals surface area (Å²) in [6.45, 7) is 11.3. The molecule has 0 aromatic rings. The molecule has 0 aromatic carbocycles. The molecule has 21 heavy (non-hydrogen) atoms. The van der Waals surface area contributed by atoms with Gasteiger partial charge in [0, 0.05) is 32.7 Å². The fraction of sp³-hybridized carbons (Fsp3) is 0.938. The van der Waals surface area contributed by atoms with Crippen LogP contribution < -0.4 is 5.73 Å². The Hall–Kier alpha value is -0.810. The molecule has 0 aromatic heterocycles. The Labute approximate surface area is 129 Å². The molecule has 0 aliphatic carbocycles. The molecular weight excluding hydrogens is 264 g/mol. The van der Waals surface area contributed by atoms with Crippen LogP contribution in [-0.2, 0) is 4.74 Å². The number of aliphatic imine (C=N–C) groups is 1. The molecule has 0 radical (unpaired) electrons. The van der Waals surface area contributed by atoms with Crippen molar-refractivity contribution in [2.75, 3.05) is 45.9 Å². The molecule has 2 aliphatic heterocycles. The highest BCUT2D eigenvalue weighted by molar-refractivity contribution is 5.78. The number of nitrogens with zero attached hydrogens (tertiary/aromatic N) is 3. The number of ether oxygens (including phenoxy) is 1. The summed E-state index contributed by atoms with van der Waals surface area (Å²) in [6, 6.07) is 0. The normalized spacial score (nSPS) is 26.1. The van der Waals surface area contributed by atoms with E-state index in [1.54, 1.807) is 0 Å². The fourth-order valence-corrected chi connectivity index (χ4v) is 3.17. The first kappa shape index (κ1) is 16.6. The molecule has 5 nitrogen and oxygen atoms in total. The van der Waals surface area contributed by atoms with Crippen LogP contribution in [-0.4, -0.2) is 67.7 Å². The van der Waals surface area contributed by atoms with E-state index < -0.39 is 0 Å². The predicted molar refractivity (Wildman–Crippen MR) is 87.5 cm³/mol. The number of morpholine rings is 1. The molecule has 1 atom stereocenters. The Balaban J connectivity index is 1.78. The minimum atomic E-state index is 0.197. The van der Waals surface area contributed by atoms with Gasteiger partial charge in [0.15, 0.2) is 5.96 Å². The van der Waals surface area contributed by atoms with Gasteiger partial charge in [0.2, 0.25) is 0 Å². The number of nitrogens with two attached hydrogens (primary N) is 1. The third-order valence-corrected chi connectivity index (χ3v) is 4.23. The van der Waals surface area contributed by atoms with Crippen LogP contribution in [0.3, 0.4) is 0 Å². The standard InChI is InChI=1S/C16H32N4O/c1-14(2)12-19-9-10-21-15(13-19)11-18-16(17)20-7-5-3-4-6-8-20/h14-15H,3-13H2,1-2H3,(H2,17,18). The van der Waals surface area contributed by atoms with Gasteiger partial charge in [-0.1, -0.05) is 26.7 Å². The first-order chi connectivity index (χ1) is 10.1. The van der Waals surface area contributed by atoms with E-state index in [-0.39, 0.29) is 6.10 Å². The third kappa shape index (κ3) is 5.83. The second-order valence-corrected chi connectivity index (χ2v) is 6.75. The lowest BCUT2D eigenvalue weighted by molar-refractivity contribution is -0.0262. The summed E-state index contributed by atoms with van der Waals surface area (Å²) in [7, 11) is 0. The van der Waals surface area contributed by atoms with Crippen molar-refractivity contribution in [2.45, 2.75) is 45.6 Å². The molecule has 2 fully saturated rings. The van der Waals surface area contributed by atoms with Gasteiger partial charge in [0.1, 0.15) is 0 Å². The zero-order valence-electron chi connectivity index (χ0n) is 13.8. The lowest BCUT2D eigenvalue weighted by Crippen LogP contribution is -2.46. The van der Waals surface area contributed by atoms with E-state index in [2.05, 4.69) is 28.6 Å². The first-order valence-corrected chi connectivity index (χ1v) is 8.54. The summed E-state index contributed by atoms with van der Waals surface area (Å²) in [4.78, 5) is 9.32. The SMILES string of the molecule is CC(C)CN1CCOC(CN=C(N)N2CCCCCC2)C1. The van der Waals surface area contributed by atoms with E-state index in [9.17, 15) is 0 Å². The Morgan fingerprint density at radius 3 is 2.57 bits per heavy atom. The number of hydrogen-bond acceptors (Lipinski definition) is 3. The van der Waals surface area contributed by atoms with Gasteiger partial charge in [0.25, 0.3) is 0 Å². The van der Waals surface area contributed by atoms with Crippen molar-refractivity contribution in [1.29, 1.82) is 0 Å². The minimum Gasteiger partial charge on any atom is -0.374 e. The van der Waals surface area contributed by atoms with Gasteiger partial charge >= 0.3 is 0 Å². The van der Waals surface area contributed by atoms with E-state index in [0.29, 0.717) is 18.4 Å². The van der Waals surface area contributed by atoms with E-state index in [1.165, 1.54) is 25.7 Å². The summed E-state index contributed by atoms with van der Waals surface area (Å²) in [5.41, 5.74) is 6.16. The summed E-state index contributed by atoms with van der Waals surface area (Å²) in [6.07, 6.45) is 5.30. The number of hydrogen-bond donors (Lipinski definition) is 1. The average molecular weight is 296 g/mol. The number of guanidine groups is 1. The second kappa shape index (κ2) is 8.59. The molecule has 2 rings (SSSR count). The quantitative estimate of drug-likeness (QED) is 0.631. The highest BCUT2D eigenvalue weighted by Gasteiger charge is 2.21. The molecule has 1 unspecified atom stereocenters. The molecule has 0 saturated carbocycles. The van der Waals surface area contributed by atoms with Crippen molar-refractivity contribution in [3.8, 4) is 0 Å². The maximum Gasteiger partial charge on any atom is 0.191 e. The van der Waals surface area contributed by atoms with Crippen molar-refractivity contribution in [3.05, 3.63) is 0 Å². The lowest BCUT2D eigenvalue weighted by atomic mass is 10.2. The van der Waals surface area contributed by atoms with Gasteiger partial charge in [-0.3, -0.25) is 9.89 Å². The average Bonchev–Trinajstić information content (AvgIpc) is 2.73. The Kier molecular flexibility index (Phi) is 6.77. The van der Waals surface area contributed by atoms with Crippen molar-refractivity contribution in [2.24, 2.45) is 16.6 Å². The molecule has 2 N–H and O–H groups in total. The van der Waals surface area contributed by atoms with Crippen LogP contribution in [0.2, 0.25) is 0 Å². The molecule has 5 heteroatoms. The highest BCUT2D eigenvalue weighted by Crippen LogP contribution is 2.11. The minimum absolute atomic E-state index is 0.197. The summed E-state index contributed by atoms with van der Waals surface area (Å²) >= 11 is 0. The molecule has 2 saturated heterocycles. The zero-order valence-corrected chi connectivity index (χ0v) is 13.8. The highest BCUT2D eigenvalue weighted by atomic mass is 16.5. The zero-order chi connectivity index (χ0) is 15.1.